The van der Waals surface area contributed by atoms with Crippen molar-refractivity contribution in [2.24, 2.45) is 7.05 Å². The van der Waals surface area contributed by atoms with Crippen molar-refractivity contribution in [2.75, 3.05) is 0 Å². The third-order valence-corrected chi connectivity index (χ3v) is 13.7. The second-order valence-electron chi connectivity index (χ2n) is 17.2. The zero-order valence-electron chi connectivity index (χ0n) is 34.3. The first kappa shape index (κ1) is 36.3. The number of furan rings is 1. The molecule has 4 aromatic carbocycles. The lowest BCUT2D eigenvalue weighted by molar-refractivity contribution is -0.707. The highest BCUT2D eigenvalue weighted by Gasteiger charge is 2.38. The van der Waals surface area contributed by atoms with Crippen LogP contribution in [-0.2, 0) is 18.9 Å². The number of rotatable bonds is 6. The number of benzene rings is 4. The molecule has 0 spiro atoms. The quantitative estimate of drug-likeness (QED) is 0.122. The summed E-state index contributed by atoms with van der Waals surface area (Å²) in [4.78, 5) is 1.34. The van der Waals surface area contributed by atoms with E-state index >= 15 is 0 Å². The standard InChI is InChI=1S/C52H52N2OS/c1-11-43-38(36-17-12-13-18-37(36)44-25-19-30(2)28-54(43)44)22-20-35-21-23-39-40-24-26-46-48(33(5)34(6)56-46)50(40)55-51(39)49(35)45-27-41(42(29-53(45)10)52(7,8)9)47-31(3)15-14-16-32(47)4/h11-19,21,23-29,38,43H,1,20,22H2,2-10H3/q+2. The molecule has 56 heavy (non-hydrogen) atoms. The summed E-state index contributed by atoms with van der Waals surface area (Å²) in [6, 6.07) is 32.1. The highest BCUT2D eigenvalue weighted by Crippen LogP contribution is 2.46. The van der Waals surface area contributed by atoms with Crippen LogP contribution in [0.15, 0.2) is 114 Å². The molecule has 0 bridgehead atoms. The summed E-state index contributed by atoms with van der Waals surface area (Å²) in [5.74, 6) is 0.264. The van der Waals surface area contributed by atoms with Crippen LogP contribution in [0, 0.1) is 34.6 Å². The summed E-state index contributed by atoms with van der Waals surface area (Å²) >= 11 is 1.86. The Morgan fingerprint density at radius 2 is 1.50 bits per heavy atom. The molecule has 4 heteroatoms. The summed E-state index contributed by atoms with van der Waals surface area (Å²) in [6.45, 7) is 22.5. The molecular formula is C52H52N2OS+2. The number of fused-ring (bicyclic) bond motifs is 8. The van der Waals surface area contributed by atoms with Crippen LogP contribution in [0.1, 0.15) is 83.0 Å². The Labute approximate surface area is 335 Å². The van der Waals surface area contributed by atoms with Gasteiger partial charge in [0.25, 0.3) is 0 Å². The van der Waals surface area contributed by atoms with Gasteiger partial charge in [0.2, 0.25) is 11.4 Å². The molecule has 280 valence electrons. The van der Waals surface area contributed by atoms with E-state index in [0.29, 0.717) is 0 Å². The van der Waals surface area contributed by atoms with Gasteiger partial charge in [0.15, 0.2) is 18.4 Å². The molecule has 8 aromatic rings. The Morgan fingerprint density at radius 3 is 2.25 bits per heavy atom. The third kappa shape index (κ3) is 5.67. The fraction of sp³-hybridized carbons (Fsp3) is 0.269. The average molecular weight is 753 g/mol. The van der Waals surface area contributed by atoms with Crippen LogP contribution in [0.3, 0.4) is 0 Å². The number of aromatic nitrogens is 2. The van der Waals surface area contributed by atoms with E-state index in [1.165, 1.54) is 98.3 Å². The van der Waals surface area contributed by atoms with Gasteiger partial charge in [-0.2, -0.15) is 4.57 Å². The Bertz CT molecular complexity index is 2880. The van der Waals surface area contributed by atoms with Crippen molar-refractivity contribution >= 4 is 43.4 Å². The van der Waals surface area contributed by atoms with Gasteiger partial charge < -0.3 is 4.42 Å². The molecule has 0 N–H and O–H groups in total. The van der Waals surface area contributed by atoms with Crippen molar-refractivity contribution < 1.29 is 13.6 Å². The molecule has 0 radical (unpaired) electrons. The summed E-state index contributed by atoms with van der Waals surface area (Å²) in [5, 5.41) is 3.60. The molecule has 0 saturated carbocycles. The molecule has 3 nitrogen and oxygen atoms in total. The maximum absolute atomic E-state index is 7.25. The molecular weight excluding hydrogens is 701 g/mol. The van der Waals surface area contributed by atoms with Crippen LogP contribution in [-0.4, -0.2) is 0 Å². The Hall–Kier alpha value is -5.32. The molecule has 1 aliphatic rings. The second-order valence-corrected chi connectivity index (χ2v) is 18.5. The summed E-state index contributed by atoms with van der Waals surface area (Å²) in [7, 11) is 2.22. The topological polar surface area (TPSA) is 20.9 Å². The molecule has 0 aliphatic carbocycles. The molecule has 4 aromatic heterocycles. The van der Waals surface area contributed by atoms with E-state index in [0.717, 1.165) is 24.0 Å². The lowest BCUT2D eigenvalue weighted by Gasteiger charge is -2.29. The second kappa shape index (κ2) is 13.4. The largest absolute Gasteiger partial charge is 0.454 e. The highest BCUT2D eigenvalue weighted by atomic mass is 32.1. The molecule has 5 heterocycles. The van der Waals surface area contributed by atoms with Gasteiger partial charge in [-0.05, 0) is 122 Å². The number of aryl methyl sites for hydroxylation is 7. The lowest BCUT2D eigenvalue weighted by atomic mass is 9.78. The van der Waals surface area contributed by atoms with Crippen molar-refractivity contribution in [1.82, 2.24) is 0 Å². The molecule has 2 atom stereocenters. The van der Waals surface area contributed by atoms with E-state index in [1.807, 2.05) is 11.3 Å². The van der Waals surface area contributed by atoms with Crippen molar-refractivity contribution in [1.29, 1.82) is 0 Å². The van der Waals surface area contributed by atoms with Gasteiger partial charge in [0.1, 0.15) is 18.2 Å². The van der Waals surface area contributed by atoms with Gasteiger partial charge in [-0.15, -0.1) is 11.3 Å². The van der Waals surface area contributed by atoms with Gasteiger partial charge in [-0.25, -0.2) is 4.57 Å². The maximum atomic E-state index is 7.25. The number of hydrogen-bond acceptors (Lipinski definition) is 2. The van der Waals surface area contributed by atoms with Crippen LogP contribution in [0.5, 0.6) is 0 Å². The van der Waals surface area contributed by atoms with E-state index in [2.05, 4.69) is 182 Å². The van der Waals surface area contributed by atoms with Gasteiger partial charge in [0.05, 0.1) is 11.5 Å². The summed E-state index contributed by atoms with van der Waals surface area (Å²) in [6.07, 6.45) is 8.70. The van der Waals surface area contributed by atoms with E-state index in [-0.39, 0.29) is 17.4 Å². The molecule has 2 unspecified atom stereocenters. The Kier molecular flexibility index (Phi) is 8.70. The lowest BCUT2D eigenvalue weighted by Crippen LogP contribution is -2.46. The van der Waals surface area contributed by atoms with E-state index in [1.54, 1.807) is 0 Å². The molecule has 1 aliphatic heterocycles. The minimum absolute atomic E-state index is 0.0606. The zero-order valence-corrected chi connectivity index (χ0v) is 35.1. The van der Waals surface area contributed by atoms with Crippen molar-refractivity contribution in [3.63, 3.8) is 0 Å². The fourth-order valence-corrected chi connectivity index (χ4v) is 10.7. The minimum Gasteiger partial charge on any atom is -0.454 e. The van der Waals surface area contributed by atoms with Gasteiger partial charge in [-0.1, -0.05) is 75.9 Å². The monoisotopic (exact) mass is 752 g/mol. The van der Waals surface area contributed by atoms with Gasteiger partial charge in [0, 0.05) is 54.6 Å². The van der Waals surface area contributed by atoms with Crippen LogP contribution in [0.2, 0.25) is 0 Å². The summed E-state index contributed by atoms with van der Waals surface area (Å²) < 4.78 is 13.3. The maximum Gasteiger partial charge on any atom is 0.216 e. The van der Waals surface area contributed by atoms with Crippen molar-refractivity contribution in [2.45, 2.75) is 85.6 Å². The van der Waals surface area contributed by atoms with Crippen LogP contribution < -0.4 is 9.13 Å². The highest BCUT2D eigenvalue weighted by molar-refractivity contribution is 7.19. The van der Waals surface area contributed by atoms with Crippen LogP contribution in [0.4, 0.5) is 0 Å². The van der Waals surface area contributed by atoms with Crippen molar-refractivity contribution in [3.05, 3.63) is 154 Å². The Morgan fingerprint density at radius 1 is 0.768 bits per heavy atom. The third-order valence-electron chi connectivity index (χ3n) is 12.6. The Balaban J connectivity index is 1.29. The van der Waals surface area contributed by atoms with E-state index in [4.69, 9.17) is 4.42 Å². The number of hydrogen-bond donors (Lipinski definition) is 0. The summed E-state index contributed by atoms with van der Waals surface area (Å²) in [5.41, 5.74) is 18.7. The first-order valence-corrected chi connectivity index (χ1v) is 20.9. The smallest absolute Gasteiger partial charge is 0.216 e. The molecule has 9 rings (SSSR count). The number of pyridine rings is 2. The van der Waals surface area contributed by atoms with Crippen LogP contribution in [0.25, 0.3) is 65.7 Å². The van der Waals surface area contributed by atoms with E-state index < -0.39 is 0 Å². The first-order chi connectivity index (χ1) is 26.8. The first-order valence-electron chi connectivity index (χ1n) is 20.1. The molecule has 0 fully saturated rings. The van der Waals surface area contributed by atoms with Crippen LogP contribution >= 0.6 is 11.3 Å². The SMILES string of the molecule is C=CC1C(CCc2ccc3c(oc4c3ccc3sc(C)c(C)c34)c2-c2cc(-c3c(C)cccc3C)c(C(C)(C)C)c[n+]2C)c2ccccc2-c2ccc(C)c[n+]21. The number of allylic oxidation sites excluding steroid dienone is 1. The average Bonchev–Trinajstić information content (AvgIpc) is 3.69. The van der Waals surface area contributed by atoms with Crippen molar-refractivity contribution in [3.8, 4) is 33.6 Å². The minimum atomic E-state index is -0.0606. The van der Waals surface area contributed by atoms with Gasteiger partial charge >= 0.3 is 0 Å². The predicted molar refractivity (Wildman–Crippen MR) is 236 cm³/mol. The number of thiophene rings is 1. The number of nitrogens with zero attached hydrogens (tertiary/aromatic N) is 2. The molecule has 0 saturated heterocycles. The normalized spacial score (nSPS) is 15.4. The zero-order chi connectivity index (χ0) is 39.2. The molecule has 0 amide bonds. The van der Waals surface area contributed by atoms with Gasteiger partial charge in [-0.3, -0.25) is 0 Å². The van der Waals surface area contributed by atoms with E-state index in [9.17, 15) is 0 Å². The predicted octanol–water partition coefficient (Wildman–Crippen LogP) is 13.2. The fourth-order valence-electron chi connectivity index (χ4n) is 9.66.